The molecule has 4 nitrogen and oxygen atoms in total. The monoisotopic (exact) mass is 412 g/mol. The Morgan fingerprint density at radius 2 is 1.11 bits per heavy atom. The molecular weight excluding hydrogens is 396 g/mol. The van der Waals surface area contributed by atoms with Gasteiger partial charge in [0.1, 0.15) is 0 Å². The van der Waals surface area contributed by atoms with Crippen LogP contribution in [0.1, 0.15) is 0 Å². The fraction of sp³-hybridized carbons (Fsp3) is 0. The Morgan fingerprint density at radius 1 is 0.630 bits per heavy atom. The van der Waals surface area contributed by atoms with Crippen LogP contribution in [0.25, 0.3) is 0 Å². The third kappa shape index (κ3) is 9.75. The second-order valence-electron chi connectivity index (χ2n) is 4.80. The lowest BCUT2D eigenvalue weighted by atomic mass is 10.4. The third-order valence-corrected chi connectivity index (χ3v) is 4.18. The van der Waals surface area contributed by atoms with E-state index in [9.17, 15) is 0 Å². The van der Waals surface area contributed by atoms with Gasteiger partial charge in [-0.15, -0.1) is 12.6 Å². The summed E-state index contributed by atoms with van der Waals surface area (Å²) in [5.41, 5.74) is 0. The van der Waals surface area contributed by atoms with Gasteiger partial charge in [-0.1, -0.05) is 36.4 Å². The van der Waals surface area contributed by atoms with Crippen LogP contribution in [-0.4, -0.2) is 19.9 Å². The van der Waals surface area contributed by atoms with Gasteiger partial charge in [0.15, 0.2) is 5.16 Å². The fourth-order valence-electron chi connectivity index (χ4n) is 1.64. The van der Waals surface area contributed by atoms with Gasteiger partial charge in [0.25, 0.3) is 0 Å². The Kier molecular flexibility index (Phi) is 9.96. The topological polar surface area (TPSA) is 51.6 Å². The maximum atomic E-state index is 5.32. The Bertz CT molecular complexity index is 792. The number of aromatic nitrogens is 4. The van der Waals surface area contributed by atoms with Crippen molar-refractivity contribution in [3.8, 4) is 0 Å². The van der Waals surface area contributed by atoms with Crippen molar-refractivity contribution in [2.75, 3.05) is 0 Å². The van der Waals surface area contributed by atoms with Gasteiger partial charge in [0.2, 0.25) is 5.28 Å². The molecule has 7 heteroatoms. The van der Waals surface area contributed by atoms with E-state index in [4.69, 9.17) is 11.6 Å². The van der Waals surface area contributed by atoms with Gasteiger partial charge in [-0.05, 0) is 59.8 Å². The summed E-state index contributed by atoms with van der Waals surface area (Å²) in [5, 5.41) is 1.08. The van der Waals surface area contributed by atoms with Crippen molar-refractivity contribution in [1.29, 1.82) is 0 Å². The van der Waals surface area contributed by atoms with Gasteiger partial charge < -0.3 is 0 Å². The largest absolute Gasteiger partial charge is 0.231 e. The van der Waals surface area contributed by atoms with Crippen LogP contribution in [0.15, 0.2) is 113 Å². The van der Waals surface area contributed by atoms with Crippen molar-refractivity contribution >= 4 is 36.0 Å². The van der Waals surface area contributed by atoms with Crippen LogP contribution in [-0.2, 0) is 0 Å². The number of thiol groups is 1. The quantitative estimate of drug-likeness (QED) is 0.336. The summed E-state index contributed by atoms with van der Waals surface area (Å²) < 4.78 is 0. The molecule has 0 saturated heterocycles. The molecule has 2 aromatic heterocycles. The molecule has 0 saturated carbocycles. The zero-order chi connectivity index (χ0) is 19.2. The van der Waals surface area contributed by atoms with E-state index in [1.54, 1.807) is 42.6 Å². The van der Waals surface area contributed by atoms with Crippen LogP contribution in [0.3, 0.4) is 0 Å². The molecule has 136 valence electrons. The smallest absolute Gasteiger partial charge is 0.222 e. The highest BCUT2D eigenvalue weighted by Crippen LogP contribution is 2.22. The maximum absolute atomic E-state index is 5.32. The molecule has 0 aliphatic rings. The standard InChI is InChI=1S/C10H8N2S.C6H6S.C4H3ClN2/c1-2-5-9(6-3-1)13-10-11-7-4-8-12-10;7-6-4-2-1-3-5-6;5-4-6-2-1-3-7-4/h1-8H;1-5,7H;1-3H. The molecule has 0 fully saturated rings. The Morgan fingerprint density at radius 3 is 1.52 bits per heavy atom. The first-order valence-corrected chi connectivity index (χ1v) is 9.54. The van der Waals surface area contributed by atoms with Crippen molar-refractivity contribution in [3.05, 3.63) is 103 Å². The van der Waals surface area contributed by atoms with Crippen LogP contribution >= 0.6 is 36.0 Å². The molecule has 0 spiro atoms. The minimum atomic E-state index is 0.294. The summed E-state index contributed by atoms with van der Waals surface area (Å²) in [7, 11) is 0. The average molecular weight is 413 g/mol. The van der Waals surface area contributed by atoms with E-state index < -0.39 is 0 Å². The van der Waals surface area contributed by atoms with E-state index >= 15 is 0 Å². The molecule has 27 heavy (non-hydrogen) atoms. The van der Waals surface area contributed by atoms with Crippen molar-refractivity contribution in [2.24, 2.45) is 0 Å². The molecule has 0 aliphatic carbocycles. The van der Waals surface area contributed by atoms with Gasteiger partial charge in [-0.25, -0.2) is 19.9 Å². The van der Waals surface area contributed by atoms with E-state index in [2.05, 4.69) is 32.6 Å². The average Bonchev–Trinajstić information content (AvgIpc) is 2.72. The molecule has 4 aromatic rings. The number of benzene rings is 2. The lowest BCUT2D eigenvalue weighted by molar-refractivity contribution is 0.967. The first-order valence-electron chi connectivity index (χ1n) is 7.90. The van der Waals surface area contributed by atoms with E-state index in [1.807, 2.05) is 66.7 Å². The first kappa shape index (κ1) is 20.9. The molecule has 0 radical (unpaired) electrons. The number of hydrogen-bond donors (Lipinski definition) is 1. The van der Waals surface area contributed by atoms with E-state index in [0.29, 0.717) is 5.28 Å². The van der Waals surface area contributed by atoms with Gasteiger partial charge in [-0.3, -0.25) is 0 Å². The van der Waals surface area contributed by atoms with Gasteiger partial charge in [0, 0.05) is 34.6 Å². The van der Waals surface area contributed by atoms with Crippen LogP contribution in [0, 0.1) is 0 Å². The van der Waals surface area contributed by atoms with Crippen LogP contribution in [0.4, 0.5) is 0 Å². The lowest BCUT2D eigenvalue weighted by Crippen LogP contribution is -1.82. The van der Waals surface area contributed by atoms with Crippen LogP contribution < -0.4 is 0 Å². The normalized spacial score (nSPS) is 9.26. The highest BCUT2D eigenvalue weighted by molar-refractivity contribution is 7.99. The fourth-order valence-corrected chi connectivity index (χ4v) is 2.66. The van der Waals surface area contributed by atoms with Gasteiger partial charge in [0.05, 0.1) is 0 Å². The Balaban J connectivity index is 0.000000159. The molecule has 4 rings (SSSR count). The molecule has 0 atom stereocenters. The molecule has 2 aromatic carbocycles. The SMILES string of the molecule is Clc1ncccn1.Sc1ccccc1.c1ccc(Sc2ncccn2)cc1. The van der Waals surface area contributed by atoms with Crippen molar-refractivity contribution < 1.29 is 0 Å². The number of halogens is 1. The van der Waals surface area contributed by atoms with Crippen LogP contribution in [0.5, 0.6) is 0 Å². The highest BCUT2D eigenvalue weighted by atomic mass is 35.5. The number of hydrogen-bond acceptors (Lipinski definition) is 6. The molecule has 0 aliphatic heterocycles. The summed E-state index contributed by atoms with van der Waals surface area (Å²) in [6, 6.07) is 23.4. The number of nitrogens with zero attached hydrogens (tertiary/aromatic N) is 4. The molecule has 0 N–H and O–H groups in total. The van der Waals surface area contributed by atoms with Gasteiger partial charge in [-0.2, -0.15) is 0 Å². The van der Waals surface area contributed by atoms with E-state index in [0.717, 1.165) is 14.9 Å². The third-order valence-electron chi connectivity index (χ3n) is 2.78. The van der Waals surface area contributed by atoms with Crippen molar-refractivity contribution in [2.45, 2.75) is 14.9 Å². The zero-order valence-corrected chi connectivity index (χ0v) is 16.7. The zero-order valence-electron chi connectivity index (χ0n) is 14.3. The molecule has 2 heterocycles. The van der Waals surface area contributed by atoms with Gasteiger partial charge >= 0.3 is 0 Å². The predicted molar refractivity (Wildman–Crippen MR) is 113 cm³/mol. The van der Waals surface area contributed by atoms with Crippen molar-refractivity contribution in [1.82, 2.24) is 19.9 Å². The molecule has 0 bridgehead atoms. The van der Waals surface area contributed by atoms with Crippen molar-refractivity contribution in [3.63, 3.8) is 0 Å². The Hall–Kier alpha value is -2.41. The number of rotatable bonds is 2. The lowest BCUT2D eigenvalue weighted by Gasteiger charge is -1.97. The minimum absolute atomic E-state index is 0.294. The minimum Gasteiger partial charge on any atom is -0.231 e. The molecule has 0 amide bonds. The van der Waals surface area contributed by atoms with E-state index in [1.165, 1.54) is 0 Å². The second-order valence-corrected chi connectivity index (χ2v) is 6.69. The Labute approximate surface area is 173 Å². The predicted octanol–water partition coefficient (Wildman–Crippen LogP) is 5.73. The summed E-state index contributed by atoms with van der Waals surface area (Å²) >= 11 is 11.0. The second kappa shape index (κ2) is 12.9. The van der Waals surface area contributed by atoms with Crippen LogP contribution in [0.2, 0.25) is 5.28 Å². The molecular formula is C20H17ClN4S2. The highest BCUT2D eigenvalue weighted by Gasteiger charge is 1.96. The summed E-state index contributed by atoms with van der Waals surface area (Å²) in [6.07, 6.45) is 6.68. The van der Waals surface area contributed by atoms with E-state index in [-0.39, 0.29) is 0 Å². The first-order chi connectivity index (χ1) is 13.2. The summed E-state index contributed by atoms with van der Waals surface area (Å²) in [6.45, 7) is 0. The summed E-state index contributed by atoms with van der Waals surface area (Å²) in [4.78, 5) is 17.7. The summed E-state index contributed by atoms with van der Waals surface area (Å²) in [5.74, 6) is 0. The molecule has 0 unspecified atom stereocenters. The maximum Gasteiger partial charge on any atom is 0.222 e.